The first kappa shape index (κ1) is 22.4. The molecule has 0 atom stereocenters. The van der Waals surface area contributed by atoms with Crippen molar-refractivity contribution >= 4 is 0 Å². The SMILES string of the molecule is C[C-]=CC=[C-]C.O.[Rb+].[W]. The smallest absolute Gasteiger partial charge is 0.412 e. The summed E-state index contributed by atoms with van der Waals surface area (Å²) >= 11 is 0. The molecule has 0 fully saturated rings. The standard InChI is InChI=1S/C6H8.H2O.Rb.W/c1-3-5-6-4-2;;;/h5-6H,1-2H3;1H2;;/q-2;;+1;. The van der Waals surface area contributed by atoms with Gasteiger partial charge in [0.25, 0.3) is 0 Å². The predicted molar refractivity (Wildman–Crippen MR) is 30.6 cm³/mol. The van der Waals surface area contributed by atoms with Crippen LogP contribution >= 0.6 is 0 Å². The van der Waals surface area contributed by atoms with Crippen LogP contribution in [0.3, 0.4) is 0 Å². The van der Waals surface area contributed by atoms with Crippen LogP contribution in [-0.4, -0.2) is 5.48 Å². The Hall–Kier alpha value is 1.93. The van der Waals surface area contributed by atoms with Gasteiger partial charge in [0.2, 0.25) is 0 Å². The minimum atomic E-state index is 0. The zero-order chi connectivity index (χ0) is 4.83. The fourth-order valence-electron chi connectivity index (χ4n) is 0.167. The number of hydrogen-bond acceptors (Lipinski definition) is 0. The maximum atomic E-state index is 2.83. The quantitative estimate of drug-likeness (QED) is 0.377. The molecule has 1 nitrogen and oxygen atoms in total. The van der Waals surface area contributed by atoms with E-state index in [9.17, 15) is 0 Å². The van der Waals surface area contributed by atoms with Gasteiger partial charge in [-0.3, -0.25) is 0 Å². The summed E-state index contributed by atoms with van der Waals surface area (Å²) in [4.78, 5) is 0. The third-order valence-electron chi connectivity index (χ3n) is 0.417. The van der Waals surface area contributed by atoms with Gasteiger partial charge in [0.15, 0.2) is 0 Å². The molecule has 0 amide bonds. The molecule has 0 unspecified atom stereocenters. The van der Waals surface area contributed by atoms with Gasteiger partial charge in [-0.05, 0) is 0 Å². The van der Waals surface area contributed by atoms with E-state index in [1.807, 2.05) is 26.0 Å². The van der Waals surface area contributed by atoms with Crippen molar-refractivity contribution in [2.75, 3.05) is 0 Å². The van der Waals surface area contributed by atoms with Gasteiger partial charge >= 0.3 is 58.2 Å². The molecule has 0 saturated carbocycles. The molecule has 0 aliphatic heterocycles. The molecule has 0 saturated heterocycles. The summed E-state index contributed by atoms with van der Waals surface area (Å²) in [5.74, 6) is 0. The van der Waals surface area contributed by atoms with E-state index in [4.69, 9.17) is 0 Å². The molecule has 9 heavy (non-hydrogen) atoms. The third-order valence-corrected chi connectivity index (χ3v) is 0.417. The van der Waals surface area contributed by atoms with E-state index in [0.29, 0.717) is 0 Å². The minimum Gasteiger partial charge on any atom is -0.412 e. The summed E-state index contributed by atoms with van der Waals surface area (Å²) in [5, 5.41) is 0. The second kappa shape index (κ2) is 22.5. The second-order valence-corrected chi connectivity index (χ2v) is 0.911. The number of hydrogen-bond donors (Lipinski definition) is 0. The molecule has 48 valence electrons. The van der Waals surface area contributed by atoms with Crippen molar-refractivity contribution < 1.29 is 84.7 Å². The van der Waals surface area contributed by atoms with Crippen molar-refractivity contribution in [3.05, 3.63) is 24.3 Å². The summed E-state index contributed by atoms with van der Waals surface area (Å²) in [6.45, 7) is 3.71. The predicted octanol–water partition coefficient (Wildman–Crippen LogP) is -2.08. The Bertz CT molecular complexity index is 61.5. The Labute approximate surface area is 120 Å². The van der Waals surface area contributed by atoms with Crippen molar-refractivity contribution in [1.29, 1.82) is 0 Å². The average molecular weight is 367 g/mol. The molecule has 3 heteroatoms. The number of rotatable bonds is 1. The Morgan fingerprint density at radius 3 is 1.33 bits per heavy atom. The molecular weight excluding hydrogens is 357 g/mol. The van der Waals surface area contributed by atoms with E-state index in [-0.39, 0.29) is 84.7 Å². The summed E-state index contributed by atoms with van der Waals surface area (Å²) in [6.07, 6.45) is 9.29. The summed E-state index contributed by atoms with van der Waals surface area (Å²) < 4.78 is 0. The maximum Gasteiger partial charge on any atom is 1.00 e. The molecule has 0 bridgehead atoms. The molecule has 0 spiro atoms. The van der Waals surface area contributed by atoms with Gasteiger partial charge in [-0.2, -0.15) is 0 Å². The molecule has 2 N–H and O–H groups in total. The molecule has 0 aromatic carbocycles. The molecule has 0 aliphatic rings. The Morgan fingerprint density at radius 1 is 1.00 bits per heavy atom. The molecule has 0 rings (SSSR count). The first-order valence-corrected chi connectivity index (χ1v) is 1.91. The van der Waals surface area contributed by atoms with Crippen LogP contribution < -0.4 is 58.2 Å². The van der Waals surface area contributed by atoms with Crippen molar-refractivity contribution in [3.8, 4) is 0 Å². The van der Waals surface area contributed by atoms with E-state index in [1.54, 1.807) is 0 Å². The monoisotopic (exact) mass is 367 g/mol. The topological polar surface area (TPSA) is 31.5 Å². The molecule has 0 aromatic rings. The van der Waals surface area contributed by atoms with Crippen LogP contribution in [0, 0.1) is 12.2 Å². The third kappa shape index (κ3) is 25.7. The minimum absolute atomic E-state index is 0. The van der Waals surface area contributed by atoms with Crippen molar-refractivity contribution in [3.63, 3.8) is 0 Å². The Morgan fingerprint density at radius 2 is 1.22 bits per heavy atom. The van der Waals surface area contributed by atoms with Gasteiger partial charge < -0.3 is 29.8 Å². The van der Waals surface area contributed by atoms with Gasteiger partial charge in [-0.25, -0.2) is 0 Å². The van der Waals surface area contributed by atoms with E-state index in [0.717, 1.165) is 0 Å². The molecule has 0 radical (unpaired) electrons. The zero-order valence-corrected chi connectivity index (χ0v) is 13.9. The van der Waals surface area contributed by atoms with Gasteiger partial charge in [0.1, 0.15) is 0 Å². The fourth-order valence-corrected chi connectivity index (χ4v) is 0.167. The Kier molecular flexibility index (Phi) is 56.1. The summed E-state index contributed by atoms with van der Waals surface area (Å²) in [5.41, 5.74) is 0. The van der Waals surface area contributed by atoms with Crippen LogP contribution in [-0.2, 0) is 21.1 Å². The van der Waals surface area contributed by atoms with Crippen molar-refractivity contribution in [2.45, 2.75) is 13.8 Å². The maximum absolute atomic E-state index is 2.83. The van der Waals surface area contributed by atoms with Crippen LogP contribution in [0.25, 0.3) is 0 Å². The molecular formula is C6H10ORbW-. The van der Waals surface area contributed by atoms with Crippen molar-refractivity contribution in [2.24, 2.45) is 0 Å². The van der Waals surface area contributed by atoms with E-state index < -0.39 is 0 Å². The van der Waals surface area contributed by atoms with Gasteiger partial charge in [-0.15, -0.1) is 13.8 Å². The van der Waals surface area contributed by atoms with Gasteiger partial charge in [-0.1, -0.05) is 0 Å². The van der Waals surface area contributed by atoms with Crippen LogP contribution in [0.2, 0.25) is 0 Å². The fraction of sp³-hybridized carbons (Fsp3) is 0.333. The largest absolute Gasteiger partial charge is 1.00 e. The first-order chi connectivity index (χ1) is 2.91. The van der Waals surface area contributed by atoms with Crippen LogP contribution in [0.5, 0.6) is 0 Å². The van der Waals surface area contributed by atoms with E-state index in [2.05, 4.69) is 12.2 Å². The summed E-state index contributed by atoms with van der Waals surface area (Å²) in [6, 6.07) is 0. The van der Waals surface area contributed by atoms with E-state index in [1.165, 1.54) is 0 Å². The molecule has 0 aliphatic carbocycles. The normalized spacial score (nSPS) is 7.78. The van der Waals surface area contributed by atoms with Gasteiger partial charge in [0, 0.05) is 21.1 Å². The summed E-state index contributed by atoms with van der Waals surface area (Å²) in [7, 11) is 0. The van der Waals surface area contributed by atoms with Crippen molar-refractivity contribution in [1.82, 2.24) is 0 Å². The van der Waals surface area contributed by atoms with Crippen LogP contribution in [0.15, 0.2) is 12.2 Å². The average Bonchev–Trinajstić information content (AvgIpc) is 1.61. The van der Waals surface area contributed by atoms with Gasteiger partial charge in [0.05, 0.1) is 0 Å². The first-order valence-electron chi connectivity index (χ1n) is 1.91. The second-order valence-electron chi connectivity index (χ2n) is 0.911. The molecule has 0 heterocycles. The van der Waals surface area contributed by atoms with E-state index >= 15 is 0 Å². The van der Waals surface area contributed by atoms with Crippen LogP contribution in [0.4, 0.5) is 0 Å². The zero-order valence-electron chi connectivity index (χ0n) is 6.06. The Balaban J connectivity index is -0.0000000417. The molecule has 0 aromatic heterocycles. The number of allylic oxidation sites excluding steroid dienone is 4. The van der Waals surface area contributed by atoms with Crippen LogP contribution in [0.1, 0.15) is 13.8 Å².